The lowest BCUT2D eigenvalue weighted by Gasteiger charge is -2.07. The highest BCUT2D eigenvalue weighted by Crippen LogP contribution is 2.30. The molecular weight excluding hydrogens is 336 g/mol. The van der Waals surface area contributed by atoms with Crippen LogP contribution >= 0.6 is 11.6 Å². The summed E-state index contributed by atoms with van der Waals surface area (Å²) in [7, 11) is 0. The van der Waals surface area contributed by atoms with E-state index in [4.69, 9.17) is 11.6 Å². The van der Waals surface area contributed by atoms with Crippen molar-refractivity contribution in [2.24, 2.45) is 0 Å². The summed E-state index contributed by atoms with van der Waals surface area (Å²) in [4.78, 5) is 24.1. The van der Waals surface area contributed by atoms with Gasteiger partial charge < -0.3 is 10.3 Å². The van der Waals surface area contributed by atoms with Gasteiger partial charge in [-0.3, -0.25) is 9.78 Å². The summed E-state index contributed by atoms with van der Waals surface area (Å²) in [6.07, 6.45) is 1.58. The van der Waals surface area contributed by atoms with Gasteiger partial charge in [0.15, 0.2) is 0 Å². The summed E-state index contributed by atoms with van der Waals surface area (Å²) in [6, 6.07) is 18.2. The monoisotopic (exact) mass is 348 g/mol. The van der Waals surface area contributed by atoms with E-state index in [1.165, 1.54) is 0 Å². The first-order valence-electron chi connectivity index (χ1n) is 7.68. The second kappa shape index (κ2) is 6.37. The lowest BCUT2D eigenvalue weighted by molar-refractivity contribution is 0.102. The molecule has 25 heavy (non-hydrogen) atoms. The molecule has 0 saturated heterocycles. The summed E-state index contributed by atoms with van der Waals surface area (Å²) < 4.78 is 0. The highest BCUT2D eigenvalue weighted by Gasteiger charge is 2.12. The van der Waals surface area contributed by atoms with Gasteiger partial charge in [0, 0.05) is 17.4 Å². The van der Waals surface area contributed by atoms with E-state index < -0.39 is 0 Å². The highest BCUT2D eigenvalue weighted by molar-refractivity contribution is 6.33. The van der Waals surface area contributed by atoms with Crippen molar-refractivity contribution in [2.75, 3.05) is 5.32 Å². The second-order valence-electron chi connectivity index (χ2n) is 5.47. The summed E-state index contributed by atoms with van der Waals surface area (Å²) >= 11 is 6.33. The lowest BCUT2D eigenvalue weighted by atomic mass is 10.2. The van der Waals surface area contributed by atoms with Gasteiger partial charge in [-0.25, -0.2) is 4.98 Å². The number of carbonyl (C=O) groups excluding carboxylic acids is 1. The Bertz CT molecular complexity index is 1030. The van der Waals surface area contributed by atoms with Gasteiger partial charge in [-0.15, -0.1) is 0 Å². The van der Waals surface area contributed by atoms with Gasteiger partial charge >= 0.3 is 0 Å². The fraction of sp³-hybridized carbons (Fsp3) is 0. The topological polar surface area (TPSA) is 70.7 Å². The first-order chi connectivity index (χ1) is 12.2. The van der Waals surface area contributed by atoms with Crippen molar-refractivity contribution in [1.82, 2.24) is 15.0 Å². The molecule has 0 saturated carbocycles. The maximum Gasteiger partial charge on any atom is 0.274 e. The number of pyridine rings is 1. The van der Waals surface area contributed by atoms with Crippen LogP contribution in [0.4, 0.5) is 5.69 Å². The van der Waals surface area contributed by atoms with Gasteiger partial charge in [0.1, 0.15) is 11.5 Å². The predicted octanol–water partition coefficient (Wildman–Crippen LogP) is 4.53. The Labute approximate surface area is 148 Å². The largest absolute Gasteiger partial charge is 0.338 e. The molecule has 2 aromatic carbocycles. The van der Waals surface area contributed by atoms with Crippen LogP contribution in [-0.4, -0.2) is 20.9 Å². The molecule has 4 rings (SSSR count). The number of hydrogen-bond acceptors (Lipinski definition) is 3. The highest BCUT2D eigenvalue weighted by atomic mass is 35.5. The Kier molecular flexibility index (Phi) is 3.91. The fourth-order valence-corrected chi connectivity index (χ4v) is 2.76. The van der Waals surface area contributed by atoms with E-state index in [0.717, 1.165) is 16.6 Å². The predicted molar refractivity (Wildman–Crippen MR) is 98.7 cm³/mol. The van der Waals surface area contributed by atoms with E-state index >= 15 is 0 Å². The minimum atomic E-state index is -0.279. The molecule has 0 aliphatic heterocycles. The van der Waals surface area contributed by atoms with Crippen LogP contribution in [-0.2, 0) is 0 Å². The van der Waals surface area contributed by atoms with Crippen LogP contribution in [0.2, 0.25) is 5.02 Å². The molecule has 1 amide bonds. The van der Waals surface area contributed by atoms with Gasteiger partial charge in [0.25, 0.3) is 5.91 Å². The third-order valence-electron chi connectivity index (χ3n) is 3.77. The summed E-state index contributed by atoms with van der Waals surface area (Å²) in [5.74, 6) is 0.374. The van der Waals surface area contributed by atoms with Crippen molar-refractivity contribution in [3.05, 3.63) is 77.6 Å². The molecule has 0 atom stereocenters. The molecule has 2 heterocycles. The van der Waals surface area contributed by atoms with Crippen molar-refractivity contribution in [1.29, 1.82) is 0 Å². The van der Waals surface area contributed by atoms with Crippen LogP contribution in [0.5, 0.6) is 0 Å². The fourth-order valence-electron chi connectivity index (χ4n) is 2.56. The Balaban J connectivity index is 1.68. The SMILES string of the molecule is O=C(Nc1ccc(Cl)c(-c2nc3ccccc3[nH]2)c1)c1ccccn1. The van der Waals surface area contributed by atoms with Gasteiger partial charge in [0.2, 0.25) is 0 Å². The Morgan fingerprint density at radius 3 is 2.68 bits per heavy atom. The molecule has 4 aromatic rings. The second-order valence-corrected chi connectivity index (χ2v) is 5.87. The number of nitrogens with zero attached hydrogens (tertiary/aromatic N) is 2. The number of imidazole rings is 1. The van der Waals surface area contributed by atoms with Crippen molar-refractivity contribution in [3.8, 4) is 11.4 Å². The van der Waals surface area contributed by atoms with E-state index in [0.29, 0.717) is 22.2 Å². The smallest absolute Gasteiger partial charge is 0.274 e. The molecular formula is C19H13ClN4O. The Hall–Kier alpha value is -3.18. The number of benzene rings is 2. The van der Waals surface area contributed by atoms with E-state index in [-0.39, 0.29) is 5.91 Å². The number of halogens is 1. The summed E-state index contributed by atoms with van der Waals surface area (Å²) in [5.41, 5.74) is 3.47. The number of para-hydroxylation sites is 2. The molecule has 0 aliphatic carbocycles. The van der Waals surface area contributed by atoms with E-state index in [1.807, 2.05) is 24.3 Å². The number of anilines is 1. The van der Waals surface area contributed by atoms with Crippen LogP contribution < -0.4 is 5.32 Å². The molecule has 2 aromatic heterocycles. The number of hydrogen-bond donors (Lipinski definition) is 2. The van der Waals surface area contributed by atoms with Crippen LogP contribution in [0.25, 0.3) is 22.4 Å². The zero-order valence-corrected chi connectivity index (χ0v) is 13.8. The third-order valence-corrected chi connectivity index (χ3v) is 4.10. The first kappa shape index (κ1) is 15.4. The number of rotatable bonds is 3. The minimum absolute atomic E-state index is 0.279. The minimum Gasteiger partial charge on any atom is -0.338 e. The molecule has 5 nitrogen and oxygen atoms in total. The Morgan fingerprint density at radius 2 is 1.88 bits per heavy atom. The average molecular weight is 349 g/mol. The zero-order valence-electron chi connectivity index (χ0n) is 13.0. The van der Waals surface area contributed by atoms with Crippen molar-refractivity contribution >= 4 is 34.2 Å². The normalized spacial score (nSPS) is 10.8. The molecule has 2 N–H and O–H groups in total. The number of amides is 1. The number of aromatic amines is 1. The van der Waals surface area contributed by atoms with Gasteiger partial charge in [0.05, 0.1) is 16.1 Å². The van der Waals surface area contributed by atoms with Crippen LogP contribution in [0.3, 0.4) is 0 Å². The van der Waals surface area contributed by atoms with Crippen molar-refractivity contribution in [2.45, 2.75) is 0 Å². The molecule has 0 aliphatic rings. The van der Waals surface area contributed by atoms with Crippen molar-refractivity contribution in [3.63, 3.8) is 0 Å². The average Bonchev–Trinajstić information content (AvgIpc) is 3.08. The number of nitrogens with one attached hydrogen (secondary N) is 2. The quantitative estimate of drug-likeness (QED) is 0.571. The zero-order chi connectivity index (χ0) is 17.2. The molecule has 0 radical (unpaired) electrons. The summed E-state index contributed by atoms with van der Waals surface area (Å²) in [5, 5.41) is 3.38. The molecule has 6 heteroatoms. The maximum absolute atomic E-state index is 12.3. The van der Waals surface area contributed by atoms with Gasteiger partial charge in [-0.2, -0.15) is 0 Å². The molecule has 0 spiro atoms. The van der Waals surface area contributed by atoms with E-state index in [2.05, 4.69) is 20.3 Å². The van der Waals surface area contributed by atoms with E-state index in [1.54, 1.807) is 42.6 Å². The third kappa shape index (κ3) is 3.09. The van der Waals surface area contributed by atoms with Crippen LogP contribution in [0.15, 0.2) is 66.9 Å². The van der Waals surface area contributed by atoms with Crippen LogP contribution in [0, 0.1) is 0 Å². The first-order valence-corrected chi connectivity index (χ1v) is 8.05. The number of H-pyrrole nitrogens is 1. The molecule has 0 fully saturated rings. The maximum atomic E-state index is 12.3. The lowest BCUT2D eigenvalue weighted by Crippen LogP contribution is -2.13. The van der Waals surface area contributed by atoms with Crippen molar-refractivity contribution < 1.29 is 4.79 Å². The number of aromatic nitrogens is 3. The van der Waals surface area contributed by atoms with Gasteiger partial charge in [-0.05, 0) is 42.5 Å². The van der Waals surface area contributed by atoms with Gasteiger partial charge in [-0.1, -0.05) is 29.8 Å². The standard InChI is InChI=1S/C19H13ClN4O/c20-14-9-8-12(22-19(25)17-7-3-4-10-21-17)11-13(14)18-23-15-5-1-2-6-16(15)24-18/h1-11H,(H,22,25)(H,23,24). The van der Waals surface area contributed by atoms with E-state index in [9.17, 15) is 4.79 Å². The Morgan fingerprint density at radius 1 is 1.04 bits per heavy atom. The molecule has 0 bridgehead atoms. The summed E-state index contributed by atoms with van der Waals surface area (Å²) in [6.45, 7) is 0. The number of fused-ring (bicyclic) bond motifs is 1. The molecule has 122 valence electrons. The molecule has 0 unspecified atom stereocenters. The number of carbonyl (C=O) groups is 1. The van der Waals surface area contributed by atoms with Crippen LogP contribution in [0.1, 0.15) is 10.5 Å².